The molecule has 0 spiro atoms. The first kappa shape index (κ1) is 15.5. The van der Waals surface area contributed by atoms with Crippen LogP contribution in [-0.4, -0.2) is 31.1 Å². The molecule has 108 valence electrons. The average molecular weight is 279 g/mol. The number of hydrogen-bond acceptors (Lipinski definition) is 4. The number of esters is 1. The molecule has 1 rings (SSSR count). The number of amides is 3. The first-order chi connectivity index (χ1) is 9.38. The van der Waals surface area contributed by atoms with E-state index in [0.29, 0.717) is 5.69 Å². The van der Waals surface area contributed by atoms with Gasteiger partial charge in [-0.3, -0.25) is 9.59 Å². The molecule has 20 heavy (non-hydrogen) atoms. The molecule has 0 atom stereocenters. The van der Waals surface area contributed by atoms with Gasteiger partial charge in [-0.25, -0.2) is 4.79 Å². The van der Waals surface area contributed by atoms with Crippen LogP contribution in [0.1, 0.15) is 11.1 Å². The summed E-state index contributed by atoms with van der Waals surface area (Å²) >= 11 is 0. The lowest BCUT2D eigenvalue weighted by Gasteiger charge is -2.09. The highest BCUT2D eigenvalue weighted by atomic mass is 16.5. The summed E-state index contributed by atoms with van der Waals surface area (Å²) in [5, 5.41) is 4.71. The molecule has 4 N–H and O–H groups in total. The van der Waals surface area contributed by atoms with Crippen molar-refractivity contribution in [2.75, 3.05) is 18.5 Å². The number of hydrogen-bond donors (Lipinski definition) is 3. The number of rotatable bonds is 5. The molecule has 1 aromatic carbocycles. The molecular weight excluding hydrogens is 262 g/mol. The normalized spacial score (nSPS) is 9.70. The van der Waals surface area contributed by atoms with Crippen LogP contribution < -0.4 is 16.4 Å². The van der Waals surface area contributed by atoms with E-state index in [1.165, 1.54) is 0 Å². The van der Waals surface area contributed by atoms with Crippen molar-refractivity contribution in [3.05, 3.63) is 29.3 Å². The maximum atomic E-state index is 11.6. The third kappa shape index (κ3) is 5.38. The Morgan fingerprint density at radius 3 is 2.60 bits per heavy atom. The molecule has 0 aliphatic carbocycles. The Morgan fingerprint density at radius 1 is 1.25 bits per heavy atom. The van der Waals surface area contributed by atoms with E-state index < -0.39 is 24.5 Å². The molecule has 0 aromatic heterocycles. The number of nitrogens with two attached hydrogens (primary N) is 1. The Morgan fingerprint density at radius 2 is 1.95 bits per heavy atom. The zero-order valence-electron chi connectivity index (χ0n) is 11.4. The Bertz CT molecular complexity index is 528. The van der Waals surface area contributed by atoms with Gasteiger partial charge in [-0.2, -0.15) is 0 Å². The number of urea groups is 1. The number of carbonyl (C=O) groups excluding carboxylic acids is 3. The van der Waals surface area contributed by atoms with Crippen LogP contribution in [0.5, 0.6) is 0 Å². The summed E-state index contributed by atoms with van der Waals surface area (Å²) in [4.78, 5) is 33.1. The van der Waals surface area contributed by atoms with Crippen molar-refractivity contribution in [3.63, 3.8) is 0 Å². The summed E-state index contributed by atoms with van der Waals surface area (Å²) < 4.78 is 4.68. The first-order valence-corrected chi connectivity index (χ1v) is 5.94. The number of ether oxygens (including phenoxy) is 1. The zero-order valence-corrected chi connectivity index (χ0v) is 11.4. The van der Waals surface area contributed by atoms with Gasteiger partial charge in [-0.05, 0) is 31.0 Å². The molecule has 0 bridgehead atoms. The van der Waals surface area contributed by atoms with E-state index >= 15 is 0 Å². The molecule has 0 saturated carbocycles. The van der Waals surface area contributed by atoms with Crippen molar-refractivity contribution in [3.8, 4) is 0 Å². The molecule has 0 unspecified atom stereocenters. The standard InChI is InChI=1S/C13H17N3O4/c1-8-3-4-9(2)10(5-8)16-11(17)7-20-12(18)6-15-13(14)19/h3-5H,6-7H2,1-2H3,(H,16,17)(H3,14,15,19). The predicted octanol–water partition coefficient (Wildman–Crippen LogP) is 0.453. The van der Waals surface area contributed by atoms with Gasteiger partial charge in [0.25, 0.3) is 5.91 Å². The SMILES string of the molecule is Cc1ccc(C)c(NC(=O)COC(=O)CNC(N)=O)c1. The maximum Gasteiger partial charge on any atom is 0.325 e. The number of aryl methyl sites for hydroxylation is 2. The third-order valence-electron chi connectivity index (χ3n) is 2.44. The van der Waals surface area contributed by atoms with E-state index in [1.807, 2.05) is 32.0 Å². The van der Waals surface area contributed by atoms with E-state index in [2.05, 4.69) is 15.4 Å². The van der Waals surface area contributed by atoms with Crippen LogP contribution in [0.15, 0.2) is 18.2 Å². The lowest BCUT2D eigenvalue weighted by molar-refractivity contribution is -0.146. The van der Waals surface area contributed by atoms with Crippen LogP contribution in [0, 0.1) is 13.8 Å². The monoisotopic (exact) mass is 279 g/mol. The number of primary amides is 1. The number of nitrogens with one attached hydrogen (secondary N) is 2. The number of benzene rings is 1. The predicted molar refractivity (Wildman–Crippen MR) is 73.1 cm³/mol. The summed E-state index contributed by atoms with van der Waals surface area (Å²) in [6.07, 6.45) is 0. The van der Waals surface area contributed by atoms with Gasteiger partial charge in [0, 0.05) is 5.69 Å². The van der Waals surface area contributed by atoms with Gasteiger partial charge in [-0.15, -0.1) is 0 Å². The Kier molecular flexibility index (Phi) is 5.52. The molecule has 0 heterocycles. The van der Waals surface area contributed by atoms with Gasteiger partial charge in [0.2, 0.25) is 0 Å². The molecule has 7 nitrogen and oxygen atoms in total. The second-order valence-corrected chi connectivity index (χ2v) is 4.25. The van der Waals surface area contributed by atoms with Gasteiger partial charge in [0.15, 0.2) is 6.61 Å². The van der Waals surface area contributed by atoms with Crippen LogP contribution in [0.3, 0.4) is 0 Å². The smallest absolute Gasteiger partial charge is 0.325 e. The molecule has 3 amide bonds. The fraction of sp³-hybridized carbons (Fsp3) is 0.308. The topological polar surface area (TPSA) is 111 Å². The highest BCUT2D eigenvalue weighted by Crippen LogP contribution is 2.15. The molecule has 0 aliphatic heterocycles. The minimum atomic E-state index is -0.832. The molecule has 0 radical (unpaired) electrons. The first-order valence-electron chi connectivity index (χ1n) is 5.94. The zero-order chi connectivity index (χ0) is 15.1. The van der Waals surface area contributed by atoms with Crippen LogP contribution in [0.25, 0.3) is 0 Å². The van der Waals surface area contributed by atoms with Crippen LogP contribution in [0.2, 0.25) is 0 Å². The highest BCUT2D eigenvalue weighted by molar-refractivity contribution is 5.93. The minimum Gasteiger partial charge on any atom is -0.454 e. The van der Waals surface area contributed by atoms with Gasteiger partial charge in [0.05, 0.1) is 0 Å². The van der Waals surface area contributed by atoms with Crippen LogP contribution >= 0.6 is 0 Å². The lowest BCUT2D eigenvalue weighted by atomic mass is 10.1. The van der Waals surface area contributed by atoms with E-state index in [0.717, 1.165) is 11.1 Å². The fourth-order valence-electron chi connectivity index (χ4n) is 1.41. The fourth-order valence-corrected chi connectivity index (χ4v) is 1.41. The number of carbonyl (C=O) groups is 3. The van der Waals surface area contributed by atoms with Gasteiger partial charge < -0.3 is 21.1 Å². The maximum absolute atomic E-state index is 11.6. The van der Waals surface area contributed by atoms with Crippen molar-refractivity contribution in [2.45, 2.75) is 13.8 Å². The van der Waals surface area contributed by atoms with Crippen molar-refractivity contribution >= 4 is 23.6 Å². The van der Waals surface area contributed by atoms with Crippen molar-refractivity contribution in [2.24, 2.45) is 5.73 Å². The summed E-state index contributed by atoms with van der Waals surface area (Å²) in [5.41, 5.74) is 7.38. The Labute approximate surface area is 116 Å². The summed E-state index contributed by atoms with van der Waals surface area (Å²) in [7, 11) is 0. The second kappa shape index (κ2) is 7.13. The Balaban J connectivity index is 2.42. The highest BCUT2D eigenvalue weighted by Gasteiger charge is 2.09. The summed E-state index contributed by atoms with van der Waals surface area (Å²) in [5.74, 6) is -1.19. The molecule has 0 fully saturated rings. The van der Waals surface area contributed by atoms with Crippen LogP contribution in [-0.2, 0) is 14.3 Å². The average Bonchev–Trinajstić information content (AvgIpc) is 2.38. The Hall–Kier alpha value is -2.57. The molecule has 7 heteroatoms. The van der Waals surface area contributed by atoms with Gasteiger partial charge >= 0.3 is 12.0 Å². The molecule has 0 saturated heterocycles. The van der Waals surface area contributed by atoms with Gasteiger partial charge in [-0.1, -0.05) is 12.1 Å². The van der Waals surface area contributed by atoms with Crippen LogP contribution in [0.4, 0.5) is 10.5 Å². The molecular formula is C13H17N3O4. The summed E-state index contributed by atoms with van der Waals surface area (Å²) in [6, 6.07) is 4.81. The quantitative estimate of drug-likeness (QED) is 0.680. The third-order valence-corrected chi connectivity index (χ3v) is 2.44. The largest absolute Gasteiger partial charge is 0.454 e. The van der Waals surface area contributed by atoms with Crippen molar-refractivity contribution in [1.82, 2.24) is 5.32 Å². The minimum absolute atomic E-state index is 0.369. The van der Waals surface area contributed by atoms with Crippen molar-refractivity contribution < 1.29 is 19.1 Å². The summed E-state index contributed by atoms with van der Waals surface area (Å²) in [6.45, 7) is 2.97. The van der Waals surface area contributed by atoms with Gasteiger partial charge in [0.1, 0.15) is 6.54 Å². The van der Waals surface area contributed by atoms with E-state index in [9.17, 15) is 14.4 Å². The van der Waals surface area contributed by atoms with E-state index in [1.54, 1.807) is 0 Å². The van der Waals surface area contributed by atoms with E-state index in [-0.39, 0.29) is 6.54 Å². The molecule has 1 aromatic rings. The van der Waals surface area contributed by atoms with E-state index in [4.69, 9.17) is 5.73 Å². The van der Waals surface area contributed by atoms with Crippen molar-refractivity contribution in [1.29, 1.82) is 0 Å². The number of anilines is 1. The second-order valence-electron chi connectivity index (χ2n) is 4.25. The lowest BCUT2D eigenvalue weighted by Crippen LogP contribution is -2.35. The molecule has 0 aliphatic rings.